The van der Waals surface area contributed by atoms with Crippen LogP contribution in [0.1, 0.15) is 15.2 Å². The van der Waals surface area contributed by atoms with Crippen LogP contribution in [-0.4, -0.2) is 36.6 Å². The number of fused-ring (bicyclic) bond motifs is 1. The maximum Gasteiger partial charge on any atom is 0.346 e. The van der Waals surface area contributed by atoms with E-state index in [0.717, 1.165) is 33.1 Å². The van der Waals surface area contributed by atoms with Gasteiger partial charge in [-0.25, -0.2) is 14.8 Å². The first-order valence-corrected chi connectivity index (χ1v) is 8.04. The van der Waals surface area contributed by atoms with E-state index in [-0.39, 0.29) is 0 Å². The van der Waals surface area contributed by atoms with E-state index in [0.29, 0.717) is 4.88 Å². The highest BCUT2D eigenvalue weighted by atomic mass is 32.2. The van der Waals surface area contributed by atoms with Gasteiger partial charge in [0, 0.05) is 23.5 Å². The molecule has 0 spiro atoms. The number of aromatic nitrogens is 4. The van der Waals surface area contributed by atoms with Crippen LogP contribution in [0.15, 0.2) is 29.8 Å². The number of thioether (sulfide) groups is 1. The van der Waals surface area contributed by atoms with Crippen molar-refractivity contribution in [2.75, 3.05) is 5.75 Å². The Morgan fingerprint density at radius 2 is 2.33 bits per heavy atom. The van der Waals surface area contributed by atoms with Crippen LogP contribution in [0.2, 0.25) is 0 Å². The summed E-state index contributed by atoms with van der Waals surface area (Å²) in [5, 5.41) is 15.0. The van der Waals surface area contributed by atoms with E-state index in [1.54, 1.807) is 18.0 Å². The summed E-state index contributed by atoms with van der Waals surface area (Å²) >= 11 is 2.78. The summed E-state index contributed by atoms with van der Waals surface area (Å²) in [4.78, 5) is 20.7. The molecule has 0 atom stereocenters. The van der Waals surface area contributed by atoms with E-state index in [4.69, 9.17) is 0 Å². The number of nitrogens with zero attached hydrogens (tertiary/aromatic N) is 4. The van der Waals surface area contributed by atoms with E-state index in [1.807, 2.05) is 23.9 Å². The Balaban J connectivity index is 1.86. The Hall–Kier alpha value is -1.93. The molecule has 0 aliphatic heterocycles. The maximum atomic E-state index is 11.2. The lowest BCUT2D eigenvalue weighted by Crippen LogP contribution is -2.00. The number of carbonyl (C=O) groups is 1. The summed E-state index contributed by atoms with van der Waals surface area (Å²) in [6.07, 6.45) is 5.14. The smallest absolute Gasteiger partial charge is 0.346 e. The van der Waals surface area contributed by atoms with Crippen molar-refractivity contribution in [1.29, 1.82) is 0 Å². The van der Waals surface area contributed by atoms with Crippen LogP contribution in [0.4, 0.5) is 0 Å². The molecule has 0 aliphatic carbocycles. The quantitative estimate of drug-likeness (QED) is 0.575. The Morgan fingerprint density at radius 3 is 3.05 bits per heavy atom. The minimum Gasteiger partial charge on any atom is -0.477 e. The first-order chi connectivity index (χ1) is 10.2. The topological polar surface area (TPSA) is 80.9 Å². The monoisotopic (exact) mass is 320 g/mol. The summed E-state index contributed by atoms with van der Waals surface area (Å²) < 4.78 is 1.86. The molecule has 0 radical (unpaired) electrons. The zero-order valence-corrected chi connectivity index (χ0v) is 12.8. The largest absolute Gasteiger partial charge is 0.477 e. The van der Waals surface area contributed by atoms with Gasteiger partial charge < -0.3 is 5.11 Å². The third-order valence-corrected chi connectivity index (χ3v) is 5.16. The van der Waals surface area contributed by atoms with E-state index < -0.39 is 5.97 Å². The first kappa shape index (κ1) is 14.0. The molecule has 0 aromatic carbocycles. The molecule has 3 aromatic heterocycles. The summed E-state index contributed by atoms with van der Waals surface area (Å²) in [6.45, 7) is 2.58. The van der Waals surface area contributed by atoms with E-state index in [1.165, 1.54) is 17.7 Å². The molecule has 0 saturated heterocycles. The fraction of sp³-hybridized carbons (Fsp3) is 0.231. The van der Waals surface area contributed by atoms with Crippen LogP contribution in [0.5, 0.6) is 0 Å². The van der Waals surface area contributed by atoms with Crippen molar-refractivity contribution in [3.8, 4) is 0 Å². The second-order valence-electron chi connectivity index (χ2n) is 4.34. The fourth-order valence-corrected chi connectivity index (χ4v) is 4.06. The van der Waals surface area contributed by atoms with Crippen molar-refractivity contribution in [2.24, 2.45) is 0 Å². The van der Waals surface area contributed by atoms with Gasteiger partial charge in [0.25, 0.3) is 0 Å². The average molecular weight is 320 g/mol. The molecule has 1 N–H and O–H groups in total. The normalized spacial score (nSPS) is 11.1. The van der Waals surface area contributed by atoms with Crippen molar-refractivity contribution in [3.63, 3.8) is 0 Å². The molecule has 21 heavy (non-hydrogen) atoms. The van der Waals surface area contributed by atoms with Gasteiger partial charge in [0.15, 0.2) is 0 Å². The summed E-state index contributed by atoms with van der Waals surface area (Å²) in [5.74, 6) is -0.103. The number of hydrogen-bond acceptors (Lipinski definition) is 6. The van der Waals surface area contributed by atoms with Gasteiger partial charge in [-0.3, -0.25) is 4.68 Å². The summed E-state index contributed by atoms with van der Waals surface area (Å²) in [5.41, 5.74) is 0.740. The second kappa shape index (κ2) is 5.82. The van der Waals surface area contributed by atoms with Gasteiger partial charge in [-0.05, 0) is 18.6 Å². The van der Waals surface area contributed by atoms with E-state index >= 15 is 0 Å². The van der Waals surface area contributed by atoms with Crippen molar-refractivity contribution >= 4 is 39.3 Å². The molecule has 0 saturated carbocycles. The van der Waals surface area contributed by atoms with Crippen molar-refractivity contribution in [2.45, 2.75) is 18.5 Å². The van der Waals surface area contributed by atoms with E-state index in [9.17, 15) is 9.90 Å². The maximum absolute atomic E-state index is 11.2. The molecule has 0 fully saturated rings. The van der Waals surface area contributed by atoms with Crippen LogP contribution in [-0.2, 0) is 6.54 Å². The van der Waals surface area contributed by atoms with E-state index in [2.05, 4.69) is 15.1 Å². The molecule has 0 amide bonds. The molecular weight excluding hydrogens is 308 g/mol. The Morgan fingerprint density at radius 1 is 1.48 bits per heavy atom. The highest BCUT2D eigenvalue weighted by Crippen LogP contribution is 2.34. The third kappa shape index (κ3) is 2.77. The van der Waals surface area contributed by atoms with Crippen molar-refractivity contribution in [3.05, 3.63) is 35.2 Å². The first-order valence-electron chi connectivity index (χ1n) is 6.24. The lowest BCUT2D eigenvalue weighted by Gasteiger charge is -2.03. The van der Waals surface area contributed by atoms with Gasteiger partial charge in [-0.15, -0.1) is 23.1 Å². The third-order valence-electron chi connectivity index (χ3n) is 3.00. The van der Waals surface area contributed by atoms with Crippen LogP contribution in [0, 0.1) is 6.92 Å². The molecule has 108 valence electrons. The molecule has 3 rings (SSSR count). The number of thiophene rings is 1. The lowest BCUT2D eigenvalue weighted by atomic mass is 10.2. The summed E-state index contributed by atoms with van der Waals surface area (Å²) in [6, 6.07) is 1.88. The van der Waals surface area contributed by atoms with Crippen LogP contribution in [0.25, 0.3) is 10.2 Å². The SMILES string of the molecule is Cc1c(C(=O)O)sc2ncnc(SCCn3cccn3)c12. The molecule has 3 aromatic rings. The molecule has 6 nitrogen and oxygen atoms in total. The van der Waals surface area contributed by atoms with Crippen LogP contribution in [0.3, 0.4) is 0 Å². The number of carboxylic acids is 1. The predicted octanol–water partition coefficient (Wildman–Crippen LogP) is 2.69. The Labute approximate surface area is 128 Å². The minimum atomic E-state index is -0.914. The molecule has 8 heteroatoms. The Bertz CT molecular complexity index is 783. The Kier molecular flexibility index (Phi) is 3.89. The second-order valence-corrected chi connectivity index (χ2v) is 6.42. The number of aryl methyl sites for hydroxylation is 2. The highest BCUT2D eigenvalue weighted by molar-refractivity contribution is 7.99. The fourth-order valence-electron chi connectivity index (χ4n) is 2.02. The standard InChI is InChI=1S/C13H12N4O2S2/c1-8-9-11(20-6-5-17-4-2-3-16-17)14-7-15-12(9)21-10(8)13(18)19/h2-4,7H,5-6H2,1H3,(H,18,19). The number of hydrogen-bond donors (Lipinski definition) is 1. The van der Waals surface area contributed by atoms with Gasteiger partial charge in [-0.1, -0.05) is 0 Å². The molecule has 0 unspecified atom stereocenters. The van der Waals surface area contributed by atoms with Gasteiger partial charge in [0.05, 0.1) is 6.54 Å². The summed E-state index contributed by atoms with van der Waals surface area (Å²) in [7, 11) is 0. The van der Waals surface area contributed by atoms with Crippen molar-refractivity contribution in [1.82, 2.24) is 19.7 Å². The van der Waals surface area contributed by atoms with Gasteiger partial charge in [-0.2, -0.15) is 5.10 Å². The highest BCUT2D eigenvalue weighted by Gasteiger charge is 2.18. The zero-order chi connectivity index (χ0) is 14.8. The lowest BCUT2D eigenvalue weighted by molar-refractivity contribution is 0.0701. The molecule has 0 aliphatic rings. The number of aromatic carboxylic acids is 1. The van der Waals surface area contributed by atoms with Gasteiger partial charge in [0.1, 0.15) is 21.1 Å². The van der Waals surface area contributed by atoms with Gasteiger partial charge in [0.2, 0.25) is 0 Å². The molecular formula is C13H12N4O2S2. The van der Waals surface area contributed by atoms with Crippen LogP contribution >= 0.6 is 23.1 Å². The van der Waals surface area contributed by atoms with Crippen molar-refractivity contribution < 1.29 is 9.90 Å². The molecule has 3 heterocycles. The zero-order valence-electron chi connectivity index (χ0n) is 11.2. The molecule has 0 bridgehead atoms. The van der Waals surface area contributed by atoms with Gasteiger partial charge >= 0.3 is 5.97 Å². The minimum absolute atomic E-state index is 0.333. The number of carboxylic acid groups (broad SMARTS) is 1. The predicted molar refractivity (Wildman–Crippen MR) is 82.1 cm³/mol. The average Bonchev–Trinajstić information content (AvgIpc) is 3.07. The van der Waals surface area contributed by atoms with Crippen LogP contribution < -0.4 is 0 Å². The number of rotatable bonds is 5.